The molecule has 0 spiro atoms. The zero-order valence-corrected chi connectivity index (χ0v) is 4.34. The molecule has 0 aliphatic heterocycles. The summed E-state index contributed by atoms with van der Waals surface area (Å²) >= 11 is 0. The van der Waals surface area contributed by atoms with Crippen LogP contribution in [0, 0.1) is 0 Å². The summed E-state index contributed by atoms with van der Waals surface area (Å²) < 4.78 is 32.8. The Bertz CT molecular complexity index is 38.5. The normalized spacial score (nSPS) is 12.0. The highest BCUT2D eigenvalue weighted by Gasteiger charge is 2.32. The van der Waals surface area contributed by atoms with E-state index in [2.05, 4.69) is 0 Å². The molecule has 0 aromatic heterocycles. The molecule has 0 N–H and O–H groups in total. The zero-order valence-electron chi connectivity index (χ0n) is 3.34. The van der Waals surface area contributed by atoms with Crippen molar-refractivity contribution in [3.63, 3.8) is 0 Å². The van der Waals surface area contributed by atoms with Crippen LogP contribution >= 0.6 is 0 Å². The van der Waals surface area contributed by atoms with Crippen LogP contribution in [-0.2, 0) is 0 Å². The Morgan fingerprint density at radius 1 is 1.33 bits per heavy atom. The Kier molecular flexibility index (Phi) is 1.64. The summed E-state index contributed by atoms with van der Waals surface area (Å²) in [5.41, 5.74) is 0. The number of halogens is 3. The average molecular weight is 114 g/mol. The SMILES string of the molecule is CC[Si](F)(F)F. The van der Waals surface area contributed by atoms with E-state index in [4.69, 9.17) is 0 Å². The van der Waals surface area contributed by atoms with E-state index in [0.717, 1.165) is 6.92 Å². The topological polar surface area (TPSA) is 0 Å². The summed E-state index contributed by atoms with van der Waals surface area (Å²) in [5.74, 6) is 0. The quantitative estimate of drug-likeness (QED) is 0.360. The Labute approximate surface area is 35.5 Å². The minimum absolute atomic E-state index is 0.590. The van der Waals surface area contributed by atoms with E-state index in [0.29, 0.717) is 0 Å². The van der Waals surface area contributed by atoms with Crippen LogP contribution in [0.25, 0.3) is 0 Å². The first-order chi connectivity index (χ1) is 2.56. The van der Waals surface area contributed by atoms with Gasteiger partial charge in [-0.2, -0.15) is 0 Å². The Morgan fingerprint density at radius 3 is 1.50 bits per heavy atom. The van der Waals surface area contributed by atoms with Gasteiger partial charge in [0.25, 0.3) is 0 Å². The van der Waals surface area contributed by atoms with Gasteiger partial charge >= 0.3 is 9.08 Å². The van der Waals surface area contributed by atoms with Crippen LogP contribution in [0.5, 0.6) is 0 Å². The second-order valence-corrected chi connectivity index (χ2v) is 2.91. The predicted octanol–water partition coefficient (Wildman–Crippen LogP) is 1.85. The van der Waals surface area contributed by atoms with Crippen LogP contribution in [0.1, 0.15) is 6.92 Å². The van der Waals surface area contributed by atoms with Crippen molar-refractivity contribution in [2.24, 2.45) is 0 Å². The molecule has 38 valence electrons. The van der Waals surface area contributed by atoms with E-state index < -0.39 is 15.1 Å². The summed E-state index contributed by atoms with van der Waals surface area (Å²) in [6.07, 6.45) is 0. The minimum atomic E-state index is -5.13. The van der Waals surface area contributed by atoms with Gasteiger partial charge in [0.1, 0.15) is 0 Å². The Hall–Kier alpha value is 0.00688. The van der Waals surface area contributed by atoms with Crippen LogP contribution in [0.15, 0.2) is 0 Å². The molecule has 0 aromatic rings. The second kappa shape index (κ2) is 1.64. The van der Waals surface area contributed by atoms with Gasteiger partial charge in [-0.05, 0) is 0 Å². The first kappa shape index (κ1) is 6.01. The first-order valence-electron chi connectivity index (χ1n) is 1.63. The van der Waals surface area contributed by atoms with Crippen molar-refractivity contribution in [1.29, 1.82) is 0 Å². The van der Waals surface area contributed by atoms with Crippen LogP contribution in [0.2, 0.25) is 6.04 Å². The highest BCUT2D eigenvalue weighted by Crippen LogP contribution is 2.11. The zero-order chi connectivity index (χ0) is 5.21. The molecule has 0 aliphatic rings. The predicted molar refractivity (Wildman–Crippen MR) is 19.6 cm³/mol. The monoisotopic (exact) mass is 114 g/mol. The summed E-state index contributed by atoms with van der Waals surface area (Å²) in [4.78, 5) is 0. The maximum atomic E-state index is 10.9. The number of hydrogen-bond donors (Lipinski definition) is 0. The summed E-state index contributed by atoms with van der Waals surface area (Å²) in [6, 6.07) is -0.590. The molecule has 0 heterocycles. The van der Waals surface area contributed by atoms with Gasteiger partial charge in [0.05, 0.1) is 0 Å². The molecule has 0 radical (unpaired) electrons. The van der Waals surface area contributed by atoms with Gasteiger partial charge in [0, 0.05) is 6.04 Å². The molecule has 0 aromatic carbocycles. The van der Waals surface area contributed by atoms with Crippen molar-refractivity contribution in [3.05, 3.63) is 0 Å². The molecule has 0 saturated carbocycles. The molecule has 0 saturated heterocycles. The summed E-state index contributed by atoms with van der Waals surface area (Å²) in [7, 11) is -5.13. The molecule has 4 heteroatoms. The lowest BCUT2D eigenvalue weighted by Gasteiger charge is -1.90. The molecule has 0 bridgehead atoms. The fraction of sp³-hybridized carbons (Fsp3) is 1.00. The molecular formula is C2H5F3Si. The highest BCUT2D eigenvalue weighted by atomic mass is 28.5. The van der Waals surface area contributed by atoms with Crippen LogP contribution in [0.4, 0.5) is 12.3 Å². The molecule has 0 unspecified atom stereocenters. The summed E-state index contributed by atoms with van der Waals surface area (Å²) in [5, 5.41) is 0. The van der Waals surface area contributed by atoms with Gasteiger partial charge < -0.3 is 0 Å². The third-order valence-electron chi connectivity index (χ3n) is 0.401. The second-order valence-electron chi connectivity index (χ2n) is 0.969. The number of hydrogen-bond acceptors (Lipinski definition) is 0. The van der Waals surface area contributed by atoms with Gasteiger partial charge in [0.2, 0.25) is 0 Å². The van der Waals surface area contributed by atoms with Crippen molar-refractivity contribution in [2.75, 3.05) is 0 Å². The minimum Gasteiger partial charge on any atom is -0.238 e. The van der Waals surface area contributed by atoms with E-state index in [1.807, 2.05) is 0 Å². The van der Waals surface area contributed by atoms with Gasteiger partial charge in [-0.15, -0.1) is 0 Å². The van der Waals surface area contributed by atoms with E-state index in [9.17, 15) is 12.3 Å². The third kappa shape index (κ3) is 4.01. The smallest absolute Gasteiger partial charge is 0.238 e. The first-order valence-corrected chi connectivity index (χ1v) is 3.47. The number of rotatable bonds is 1. The molecule has 0 amide bonds. The van der Waals surface area contributed by atoms with Crippen molar-refractivity contribution >= 4 is 9.08 Å². The lowest BCUT2D eigenvalue weighted by molar-refractivity contribution is 0.473. The summed E-state index contributed by atoms with van der Waals surface area (Å²) in [6.45, 7) is 1.15. The van der Waals surface area contributed by atoms with Gasteiger partial charge in [0.15, 0.2) is 0 Å². The molecule has 0 atom stereocenters. The average Bonchev–Trinajstić information content (AvgIpc) is 1.35. The largest absolute Gasteiger partial charge is 0.615 e. The van der Waals surface area contributed by atoms with Crippen molar-refractivity contribution in [2.45, 2.75) is 13.0 Å². The van der Waals surface area contributed by atoms with Crippen molar-refractivity contribution < 1.29 is 12.3 Å². The van der Waals surface area contributed by atoms with Gasteiger partial charge in [-0.1, -0.05) is 6.92 Å². The molecule has 0 rings (SSSR count). The van der Waals surface area contributed by atoms with E-state index in [1.165, 1.54) is 0 Å². The van der Waals surface area contributed by atoms with Gasteiger partial charge in [-0.3, -0.25) is 0 Å². The molecule has 6 heavy (non-hydrogen) atoms. The third-order valence-corrected chi connectivity index (χ3v) is 1.20. The highest BCUT2D eigenvalue weighted by molar-refractivity contribution is 6.58. The van der Waals surface area contributed by atoms with Crippen LogP contribution in [0.3, 0.4) is 0 Å². The van der Waals surface area contributed by atoms with Crippen LogP contribution < -0.4 is 0 Å². The van der Waals surface area contributed by atoms with E-state index >= 15 is 0 Å². The van der Waals surface area contributed by atoms with Crippen molar-refractivity contribution in [1.82, 2.24) is 0 Å². The van der Waals surface area contributed by atoms with Crippen molar-refractivity contribution in [3.8, 4) is 0 Å². The fourth-order valence-corrected chi connectivity index (χ4v) is 0. The molecule has 0 nitrogen and oxygen atoms in total. The Morgan fingerprint density at radius 2 is 1.50 bits per heavy atom. The fourth-order valence-electron chi connectivity index (χ4n) is 0. The van der Waals surface area contributed by atoms with E-state index in [-0.39, 0.29) is 0 Å². The molecule has 0 aliphatic carbocycles. The molecular weight excluding hydrogens is 109 g/mol. The lowest BCUT2D eigenvalue weighted by Crippen LogP contribution is -2.10. The maximum Gasteiger partial charge on any atom is 0.615 e. The standard InChI is InChI=1S/C2H5F3Si/c1-2-6(3,4)5/h2H2,1H3. The molecule has 0 fully saturated rings. The lowest BCUT2D eigenvalue weighted by atomic mass is 11.0. The maximum absolute atomic E-state index is 10.9. The van der Waals surface area contributed by atoms with Gasteiger partial charge in [-0.25, -0.2) is 12.3 Å². The Balaban J connectivity index is 3.17. The van der Waals surface area contributed by atoms with E-state index in [1.54, 1.807) is 0 Å². The van der Waals surface area contributed by atoms with Crippen LogP contribution in [-0.4, -0.2) is 9.08 Å².